The fourth-order valence-electron chi connectivity index (χ4n) is 3.66. The number of carbonyl (C=O) groups excluding carboxylic acids is 1. The van der Waals surface area contributed by atoms with Crippen molar-refractivity contribution < 1.29 is 24.3 Å². The van der Waals surface area contributed by atoms with E-state index in [1.165, 1.54) is 0 Å². The zero-order chi connectivity index (χ0) is 24.7. The summed E-state index contributed by atoms with van der Waals surface area (Å²) in [6.45, 7) is 7.39. The second-order valence-electron chi connectivity index (χ2n) is 8.22. The molecule has 2 heterocycles. The molecular formula is C25H32N4O5. The van der Waals surface area contributed by atoms with Crippen LogP contribution in [0.2, 0.25) is 0 Å². The summed E-state index contributed by atoms with van der Waals surface area (Å²) in [6.07, 6.45) is 1.59. The van der Waals surface area contributed by atoms with Crippen LogP contribution in [0.1, 0.15) is 42.8 Å². The Balaban J connectivity index is 1.82. The molecule has 0 saturated carbocycles. The molecule has 3 rings (SSSR count). The Bertz CT molecular complexity index is 1130. The Morgan fingerprint density at radius 2 is 1.94 bits per heavy atom. The van der Waals surface area contributed by atoms with Crippen molar-refractivity contribution in [2.45, 2.75) is 53.1 Å². The number of aromatic nitrogens is 3. The molecular weight excluding hydrogens is 436 g/mol. The Kier molecular flexibility index (Phi) is 8.72. The molecule has 1 amide bonds. The number of pyridine rings is 1. The number of carbonyl (C=O) groups is 1. The van der Waals surface area contributed by atoms with Crippen molar-refractivity contribution in [3.8, 4) is 28.6 Å². The van der Waals surface area contributed by atoms with Crippen LogP contribution in [0.3, 0.4) is 0 Å². The second-order valence-corrected chi connectivity index (χ2v) is 8.22. The fourth-order valence-corrected chi connectivity index (χ4v) is 3.66. The van der Waals surface area contributed by atoms with E-state index in [-0.39, 0.29) is 13.2 Å². The average molecular weight is 469 g/mol. The van der Waals surface area contributed by atoms with Crippen molar-refractivity contribution in [3.05, 3.63) is 46.8 Å². The summed E-state index contributed by atoms with van der Waals surface area (Å²) in [5, 5.41) is 25.5. The summed E-state index contributed by atoms with van der Waals surface area (Å²) in [4.78, 5) is 20.3. The molecule has 9 nitrogen and oxygen atoms in total. The van der Waals surface area contributed by atoms with Crippen LogP contribution in [-0.4, -0.2) is 57.1 Å². The lowest BCUT2D eigenvalue weighted by Crippen LogP contribution is -2.36. The third-order valence-electron chi connectivity index (χ3n) is 5.27. The number of nitrogens with zero attached hydrogens (tertiary/aromatic N) is 3. The minimum atomic E-state index is -0.902. The molecule has 0 aliphatic rings. The number of hydrogen-bond acceptors (Lipinski definition) is 8. The summed E-state index contributed by atoms with van der Waals surface area (Å²) in [5.41, 5.74) is 5.39. The van der Waals surface area contributed by atoms with Gasteiger partial charge in [-0.2, -0.15) is 4.98 Å². The third kappa shape index (κ3) is 6.39. The van der Waals surface area contributed by atoms with Gasteiger partial charge in [0.15, 0.2) is 0 Å². The maximum atomic E-state index is 11.2. The summed E-state index contributed by atoms with van der Waals surface area (Å²) in [7, 11) is 0. The van der Waals surface area contributed by atoms with Crippen LogP contribution in [0, 0.1) is 13.8 Å². The highest BCUT2D eigenvalue weighted by atomic mass is 16.5. The van der Waals surface area contributed by atoms with Gasteiger partial charge in [0.05, 0.1) is 0 Å². The van der Waals surface area contributed by atoms with Crippen LogP contribution < -0.4 is 10.1 Å². The summed E-state index contributed by atoms with van der Waals surface area (Å²) < 4.78 is 11.5. The first-order valence-electron chi connectivity index (χ1n) is 11.5. The standard InChI is InChI=1S/C25H32N4O5/c1-5-7-17-10-18(8-15(3)23(17)33-14-21(31)12-26-22(32)13-30)24-28-25(34-29-24)19-9-16(4)27-20(6-2)11-19/h8-11,21,30-31H,5-7,12-14H2,1-4H3,(H,26,32)/t21-/m0/s1. The lowest BCUT2D eigenvalue weighted by Gasteiger charge is -2.18. The highest BCUT2D eigenvalue weighted by Crippen LogP contribution is 2.32. The van der Waals surface area contributed by atoms with Crippen molar-refractivity contribution in [2.24, 2.45) is 0 Å². The van der Waals surface area contributed by atoms with E-state index < -0.39 is 18.6 Å². The number of hydrogen-bond donors (Lipinski definition) is 3. The molecule has 9 heteroatoms. The van der Waals surface area contributed by atoms with Gasteiger partial charge in [-0.3, -0.25) is 9.78 Å². The van der Waals surface area contributed by atoms with Crippen molar-refractivity contribution >= 4 is 5.91 Å². The van der Waals surface area contributed by atoms with E-state index in [2.05, 4.69) is 34.3 Å². The molecule has 0 unspecified atom stereocenters. The van der Waals surface area contributed by atoms with Crippen molar-refractivity contribution in [3.63, 3.8) is 0 Å². The van der Waals surface area contributed by atoms with Crippen LogP contribution in [0.25, 0.3) is 22.8 Å². The third-order valence-corrected chi connectivity index (χ3v) is 5.27. The van der Waals surface area contributed by atoms with Crippen LogP contribution in [-0.2, 0) is 17.6 Å². The zero-order valence-electron chi connectivity index (χ0n) is 20.1. The largest absolute Gasteiger partial charge is 0.490 e. The first kappa shape index (κ1) is 25.3. The molecule has 0 bridgehead atoms. The zero-order valence-corrected chi connectivity index (χ0v) is 20.1. The van der Waals surface area contributed by atoms with Crippen LogP contribution in [0.4, 0.5) is 0 Å². The summed E-state index contributed by atoms with van der Waals surface area (Å²) in [5.74, 6) is 1.08. The maximum absolute atomic E-state index is 11.2. The maximum Gasteiger partial charge on any atom is 0.258 e. The molecule has 182 valence electrons. The number of aliphatic hydroxyl groups is 2. The Labute approximate surface area is 199 Å². The number of benzene rings is 1. The molecule has 2 aromatic heterocycles. The Morgan fingerprint density at radius 1 is 1.15 bits per heavy atom. The van der Waals surface area contributed by atoms with E-state index in [0.717, 1.165) is 52.9 Å². The first-order valence-corrected chi connectivity index (χ1v) is 11.5. The van der Waals surface area contributed by atoms with E-state index in [1.807, 2.05) is 38.1 Å². The van der Waals surface area contributed by atoms with Gasteiger partial charge in [0.25, 0.3) is 5.89 Å². The number of nitrogens with one attached hydrogen (secondary N) is 1. The van der Waals surface area contributed by atoms with Gasteiger partial charge in [-0.25, -0.2) is 0 Å². The summed E-state index contributed by atoms with van der Waals surface area (Å²) in [6, 6.07) is 7.80. The van der Waals surface area contributed by atoms with Crippen molar-refractivity contribution in [1.29, 1.82) is 0 Å². The molecule has 0 fully saturated rings. The van der Waals surface area contributed by atoms with Crippen LogP contribution in [0.5, 0.6) is 5.75 Å². The molecule has 0 radical (unpaired) electrons. The summed E-state index contributed by atoms with van der Waals surface area (Å²) >= 11 is 0. The lowest BCUT2D eigenvalue weighted by atomic mass is 10.0. The highest BCUT2D eigenvalue weighted by Gasteiger charge is 2.17. The predicted octanol–water partition coefficient (Wildman–Crippen LogP) is 2.78. The van der Waals surface area contributed by atoms with Gasteiger partial charge in [-0.1, -0.05) is 25.4 Å². The van der Waals surface area contributed by atoms with E-state index >= 15 is 0 Å². The minimum absolute atomic E-state index is 0.000498. The highest BCUT2D eigenvalue weighted by molar-refractivity contribution is 5.76. The Morgan fingerprint density at radius 3 is 2.65 bits per heavy atom. The quantitative estimate of drug-likeness (QED) is 0.392. The molecule has 1 atom stereocenters. The van der Waals surface area contributed by atoms with Gasteiger partial charge in [0.1, 0.15) is 25.1 Å². The fraction of sp³-hybridized carbons (Fsp3) is 0.440. The van der Waals surface area contributed by atoms with E-state index in [9.17, 15) is 9.90 Å². The monoisotopic (exact) mass is 468 g/mol. The van der Waals surface area contributed by atoms with E-state index in [0.29, 0.717) is 17.5 Å². The molecule has 0 aliphatic heterocycles. The SMILES string of the molecule is CCCc1cc(-c2noc(-c3cc(C)nc(CC)c3)n2)cc(C)c1OC[C@@H](O)CNC(=O)CO. The number of rotatable bonds is 11. The average Bonchev–Trinajstić information content (AvgIpc) is 3.32. The minimum Gasteiger partial charge on any atom is -0.490 e. The molecule has 34 heavy (non-hydrogen) atoms. The normalized spacial score (nSPS) is 11.9. The number of aryl methyl sites for hydroxylation is 4. The molecule has 0 aliphatic carbocycles. The number of aliphatic hydroxyl groups excluding tert-OH is 2. The molecule has 3 N–H and O–H groups in total. The van der Waals surface area contributed by atoms with Crippen molar-refractivity contribution in [2.75, 3.05) is 19.8 Å². The van der Waals surface area contributed by atoms with Crippen LogP contribution in [0.15, 0.2) is 28.8 Å². The van der Waals surface area contributed by atoms with E-state index in [1.54, 1.807) is 0 Å². The van der Waals surface area contributed by atoms with Crippen LogP contribution >= 0.6 is 0 Å². The van der Waals surface area contributed by atoms with Gasteiger partial charge in [-0.15, -0.1) is 0 Å². The van der Waals surface area contributed by atoms with Gasteiger partial charge >= 0.3 is 0 Å². The first-order chi connectivity index (χ1) is 16.3. The molecule has 3 aromatic rings. The molecule has 0 saturated heterocycles. The molecule has 1 aromatic carbocycles. The van der Waals surface area contributed by atoms with Crippen molar-refractivity contribution in [1.82, 2.24) is 20.4 Å². The van der Waals surface area contributed by atoms with Gasteiger partial charge in [0.2, 0.25) is 11.7 Å². The van der Waals surface area contributed by atoms with Gasteiger partial charge in [0, 0.05) is 29.1 Å². The smallest absolute Gasteiger partial charge is 0.258 e. The second kappa shape index (κ2) is 11.7. The van der Waals surface area contributed by atoms with Gasteiger partial charge < -0.3 is 24.8 Å². The number of ether oxygens (including phenoxy) is 1. The van der Waals surface area contributed by atoms with E-state index in [4.69, 9.17) is 14.4 Å². The Hall–Kier alpha value is -3.30. The van der Waals surface area contributed by atoms with Gasteiger partial charge in [-0.05, 0) is 62.1 Å². The lowest BCUT2D eigenvalue weighted by molar-refractivity contribution is -0.124. The predicted molar refractivity (Wildman–Crippen MR) is 127 cm³/mol. The topological polar surface area (TPSA) is 131 Å². The number of amides is 1. The molecule has 0 spiro atoms.